The lowest BCUT2D eigenvalue weighted by molar-refractivity contribution is -0.618. The summed E-state index contributed by atoms with van der Waals surface area (Å²) in [5.74, 6) is 0. The Morgan fingerprint density at radius 3 is 1.66 bits per heavy atom. The molecule has 2 atom stereocenters. The third kappa shape index (κ3) is 4.09. The zero-order valence-electron chi connectivity index (χ0n) is 17.9. The lowest BCUT2D eigenvalue weighted by atomic mass is 10.2. The summed E-state index contributed by atoms with van der Waals surface area (Å²) in [6, 6.07) is 11.1. The van der Waals surface area contributed by atoms with Gasteiger partial charge in [-0.25, -0.2) is 0 Å². The van der Waals surface area contributed by atoms with Gasteiger partial charge in [0.25, 0.3) is 0 Å². The summed E-state index contributed by atoms with van der Waals surface area (Å²) < 4.78 is 1.94. The first-order valence-electron chi connectivity index (χ1n) is 11.1. The first-order chi connectivity index (χ1) is 15.7. The average molecular weight is 437 g/mol. The van der Waals surface area contributed by atoms with Crippen LogP contribution in [0.3, 0.4) is 0 Å². The average Bonchev–Trinajstić information content (AvgIpc) is 3.45. The smallest absolute Gasteiger partial charge is 0.234 e. The van der Waals surface area contributed by atoms with Gasteiger partial charge >= 0.3 is 0 Å². The van der Waals surface area contributed by atoms with Crippen molar-refractivity contribution in [3.63, 3.8) is 0 Å². The van der Waals surface area contributed by atoms with Crippen molar-refractivity contribution in [1.29, 1.82) is 0 Å². The molecule has 2 N–H and O–H groups in total. The molecule has 0 spiro atoms. The molecule has 168 valence electrons. The van der Waals surface area contributed by atoms with Gasteiger partial charge in [0.1, 0.15) is 12.3 Å². The van der Waals surface area contributed by atoms with E-state index in [0.29, 0.717) is 49.0 Å². The van der Waals surface area contributed by atoms with Crippen LogP contribution < -0.4 is 20.1 Å². The van der Waals surface area contributed by atoms with Gasteiger partial charge in [0.2, 0.25) is 22.8 Å². The highest BCUT2D eigenvalue weighted by Gasteiger charge is 2.32. The molecule has 0 aliphatic carbocycles. The lowest BCUT2D eigenvalue weighted by Gasteiger charge is -2.23. The third-order valence-corrected chi connectivity index (χ3v) is 6.25. The Morgan fingerprint density at radius 1 is 0.719 bits per heavy atom. The molecule has 4 bridgehead atoms. The monoisotopic (exact) mass is 436 g/mol. The van der Waals surface area contributed by atoms with Crippen LogP contribution in [0.1, 0.15) is 35.1 Å². The molecule has 2 fully saturated rings. The van der Waals surface area contributed by atoms with Crippen LogP contribution in [0.4, 0.5) is 0 Å². The van der Waals surface area contributed by atoms with Crippen molar-refractivity contribution >= 4 is 12.4 Å². The molecule has 2 saturated heterocycles. The Kier molecular flexibility index (Phi) is 6.08. The number of rotatable bonds is 0. The van der Waals surface area contributed by atoms with Crippen molar-refractivity contribution in [1.82, 2.24) is 20.4 Å². The Bertz CT molecular complexity index is 945. The molecule has 2 aromatic rings. The van der Waals surface area contributed by atoms with Crippen LogP contribution >= 0.6 is 0 Å². The number of aromatic nitrogens is 2. The van der Waals surface area contributed by atoms with Crippen molar-refractivity contribution in [2.45, 2.75) is 12.3 Å². The van der Waals surface area contributed by atoms with Crippen molar-refractivity contribution in [3.8, 4) is 0 Å². The van der Waals surface area contributed by atoms with E-state index < -0.39 is 0 Å². The lowest BCUT2D eigenvalue weighted by Crippen LogP contribution is -2.44. The van der Waals surface area contributed by atoms with Crippen LogP contribution in [0.2, 0.25) is 0 Å². The predicted octanol–water partition coefficient (Wildman–Crippen LogP) is -0.687. The van der Waals surface area contributed by atoms with Crippen molar-refractivity contribution < 1.29 is 9.46 Å². The van der Waals surface area contributed by atoms with E-state index in [2.05, 4.69) is 30.4 Å². The molecule has 0 amide bonds. The van der Waals surface area contributed by atoms with Gasteiger partial charge in [-0.05, 0) is 12.1 Å². The van der Waals surface area contributed by atoms with E-state index in [4.69, 9.17) is 0 Å². The van der Waals surface area contributed by atoms with Gasteiger partial charge < -0.3 is 10.4 Å². The number of nitrogens with one attached hydrogen (secondary N) is 2. The fourth-order valence-corrected chi connectivity index (χ4v) is 4.61. The van der Waals surface area contributed by atoms with Gasteiger partial charge in [-0.3, -0.25) is 30.4 Å². The van der Waals surface area contributed by atoms with Gasteiger partial charge in [0, 0.05) is 63.5 Å². The van der Waals surface area contributed by atoms with E-state index in [0.717, 1.165) is 35.6 Å². The summed E-state index contributed by atoms with van der Waals surface area (Å²) in [6.45, 7) is 5.72. The van der Waals surface area contributed by atoms with E-state index >= 15 is 0 Å². The zero-order chi connectivity index (χ0) is 21.9. The Hall–Kier alpha value is -2.92. The molecule has 32 heavy (non-hydrogen) atoms. The van der Waals surface area contributed by atoms with Crippen LogP contribution in [-0.2, 0) is 0 Å². The second-order valence-corrected chi connectivity index (χ2v) is 8.20. The molecular weight excluding hydrogens is 408 g/mol. The second-order valence-electron chi connectivity index (χ2n) is 8.20. The zero-order valence-corrected chi connectivity index (χ0v) is 17.9. The number of fused-ring (bicyclic) bond motifs is 8. The number of nitrogens with zero attached hydrogens (tertiary/aromatic N) is 6. The van der Waals surface area contributed by atoms with E-state index in [1.807, 2.05) is 24.3 Å². The summed E-state index contributed by atoms with van der Waals surface area (Å²) in [4.78, 5) is 13.4. The summed E-state index contributed by atoms with van der Waals surface area (Å²) >= 11 is 0. The molecule has 3 aliphatic heterocycles. The highest BCUT2D eigenvalue weighted by atomic mass is 16.5. The van der Waals surface area contributed by atoms with Gasteiger partial charge in [-0.15, -0.1) is 0 Å². The minimum absolute atomic E-state index is 0.167. The predicted molar refractivity (Wildman–Crippen MR) is 120 cm³/mol. The molecule has 5 rings (SSSR count). The number of aliphatic imine (C=N–C) groups is 2. The summed E-state index contributed by atoms with van der Waals surface area (Å²) in [5.41, 5.74) is 2.36. The van der Waals surface area contributed by atoms with Crippen LogP contribution in [0, 0.1) is 10.4 Å². The van der Waals surface area contributed by atoms with E-state index in [1.54, 1.807) is 24.6 Å². The normalized spacial score (nSPS) is 24.6. The highest BCUT2D eigenvalue weighted by molar-refractivity contribution is 5.75. The van der Waals surface area contributed by atoms with E-state index in [1.165, 1.54) is 0 Å². The molecule has 2 aromatic heterocycles. The highest BCUT2D eigenvalue weighted by Crippen LogP contribution is 2.20. The molecule has 3 aliphatic rings. The van der Waals surface area contributed by atoms with E-state index in [-0.39, 0.29) is 12.3 Å². The first kappa shape index (κ1) is 21.0. The first-order valence-corrected chi connectivity index (χ1v) is 11.1. The molecular formula is C22H28N8O2. The van der Waals surface area contributed by atoms with Gasteiger partial charge in [-0.1, -0.05) is 0 Å². The molecule has 10 heteroatoms. The fraction of sp³-hybridized carbons (Fsp3) is 0.455. The van der Waals surface area contributed by atoms with Crippen LogP contribution in [0.5, 0.6) is 0 Å². The topological polar surface area (TPSA) is 109 Å². The van der Waals surface area contributed by atoms with Crippen molar-refractivity contribution in [2.24, 2.45) is 9.98 Å². The summed E-state index contributed by atoms with van der Waals surface area (Å²) in [5, 5.41) is 32.8. The summed E-state index contributed by atoms with van der Waals surface area (Å²) in [7, 11) is 0. The molecule has 0 aromatic carbocycles. The Balaban J connectivity index is 1.47. The Labute approximate surface area is 187 Å². The van der Waals surface area contributed by atoms with Crippen molar-refractivity contribution in [3.05, 3.63) is 69.6 Å². The minimum atomic E-state index is -0.167. The number of hydrogen-bond acceptors (Lipinski definition) is 8. The standard InChI is InChI=1S/C22H28N8O2/c31-29-17-3-1-5-19(29)21-25-9-13-27(21)11-8-24-16-18-4-2-6-20(30(18)32)22-26-10-14-28(22)12-7-23-15-17/h1-6,15-16,21-22,25-26H,7-14H2. The maximum atomic E-state index is 13.0. The van der Waals surface area contributed by atoms with Gasteiger partial charge in [-0.2, -0.15) is 9.46 Å². The fourth-order valence-electron chi connectivity index (χ4n) is 4.61. The van der Waals surface area contributed by atoms with E-state index in [9.17, 15) is 10.4 Å². The summed E-state index contributed by atoms with van der Waals surface area (Å²) in [6.07, 6.45) is 2.96. The third-order valence-electron chi connectivity index (χ3n) is 6.25. The quantitative estimate of drug-likeness (QED) is 0.418. The minimum Gasteiger partial charge on any atom is -0.618 e. The van der Waals surface area contributed by atoms with Crippen LogP contribution in [-0.4, -0.2) is 74.6 Å². The molecule has 2 unspecified atom stereocenters. The van der Waals surface area contributed by atoms with Crippen LogP contribution in [0.15, 0.2) is 46.4 Å². The number of pyridine rings is 2. The maximum absolute atomic E-state index is 13.0. The number of hydrogen-bond donors (Lipinski definition) is 2. The van der Waals surface area contributed by atoms with Crippen LogP contribution in [0.25, 0.3) is 0 Å². The maximum Gasteiger partial charge on any atom is 0.234 e. The molecule has 5 heterocycles. The van der Waals surface area contributed by atoms with Crippen molar-refractivity contribution in [2.75, 3.05) is 52.4 Å². The Morgan fingerprint density at radius 2 is 1.19 bits per heavy atom. The molecule has 0 radical (unpaired) electrons. The second kappa shape index (κ2) is 9.29. The largest absolute Gasteiger partial charge is 0.618 e. The van der Waals surface area contributed by atoms with Gasteiger partial charge in [0.05, 0.1) is 25.5 Å². The molecule has 10 nitrogen and oxygen atoms in total. The van der Waals surface area contributed by atoms with Gasteiger partial charge in [0.15, 0.2) is 0 Å². The molecule has 0 saturated carbocycles. The SMILES string of the molecule is [O-][n+]1c2cccc1C1NCCN1CCN=Cc1cccc([n+]1[O-])C1NCCN1CCN=C2.